The van der Waals surface area contributed by atoms with Crippen molar-refractivity contribution in [2.45, 2.75) is 51.5 Å². The summed E-state index contributed by atoms with van der Waals surface area (Å²) in [5.41, 5.74) is 2.56. The number of hydrogen-bond donors (Lipinski definition) is 0. The predicted molar refractivity (Wildman–Crippen MR) is 98.6 cm³/mol. The number of hydrogen-bond acceptors (Lipinski definition) is 3. The molecule has 1 saturated heterocycles. The summed E-state index contributed by atoms with van der Waals surface area (Å²) in [6.45, 7) is 2.77. The largest absolute Gasteiger partial charge is 0.338 e. The minimum atomic E-state index is -3.14. The third-order valence-electron chi connectivity index (χ3n) is 5.23. The third kappa shape index (κ3) is 4.82. The lowest BCUT2D eigenvalue weighted by Crippen LogP contribution is -2.37. The van der Waals surface area contributed by atoms with Gasteiger partial charge in [-0.25, -0.2) is 12.7 Å². The number of benzene rings is 1. The number of carbonyl (C=O) groups excluding carboxylic acids is 1. The molecule has 25 heavy (non-hydrogen) atoms. The molecular formula is C19H28N2O3S. The van der Waals surface area contributed by atoms with E-state index in [0.717, 1.165) is 32.2 Å². The summed E-state index contributed by atoms with van der Waals surface area (Å²) in [5, 5.41) is 0. The van der Waals surface area contributed by atoms with Gasteiger partial charge in [-0.05, 0) is 43.2 Å². The number of unbranched alkanes of at least 4 members (excludes halogenated alkanes) is 1. The van der Waals surface area contributed by atoms with Crippen LogP contribution in [-0.2, 0) is 27.8 Å². The minimum absolute atomic E-state index is 0.143. The molecule has 3 rings (SSSR count). The van der Waals surface area contributed by atoms with Crippen molar-refractivity contribution in [3.8, 4) is 0 Å². The summed E-state index contributed by atoms with van der Waals surface area (Å²) in [6, 6.07) is 8.26. The lowest BCUT2D eigenvalue weighted by Gasteiger charge is -2.29. The van der Waals surface area contributed by atoms with Crippen molar-refractivity contribution < 1.29 is 13.2 Å². The number of fused-ring (bicyclic) bond motifs is 1. The Bertz CT molecular complexity index is 696. The molecule has 1 aromatic rings. The van der Waals surface area contributed by atoms with Gasteiger partial charge in [-0.3, -0.25) is 4.79 Å². The van der Waals surface area contributed by atoms with Crippen LogP contribution in [0.2, 0.25) is 0 Å². The van der Waals surface area contributed by atoms with Gasteiger partial charge in [-0.2, -0.15) is 0 Å². The normalized spacial score (nSPS) is 18.8. The molecule has 0 spiro atoms. The van der Waals surface area contributed by atoms with Crippen LogP contribution in [0.15, 0.2) is 24.3 Å². The molecule has 0 unspecified atom stereocenters. The first-order valence-corrected chi connectivity index (χ1v) is 11.0. The summed E-state index contributed by atoms with van der Waals surface area (Å²) in [6.07, 6.45) is 5.61. The van der Waals surface area contributed by atoms with Crippen LogP contribution in [0.25, 0.3) is 0 Å². The molecule has 0 aromatic heterocycles. The Labute approximate surface area is 151 Å². The number of nitrogens with zero attached hydrogens (tertiary/aromatic N) is 2. The van der Waals surface area contributed by atoms with Crippen LogP contribution in [0.1, 0.15) is 49.7 Å². The number of rotatable bonds is 6. The molecule has 0 bridgehead atoms. The molecule has 5 nitrogen and oxygen atoms in total. The lowest BCUT2D eigenvalue weighted by atomic mass is 9.99. The van der Waals surface area contributed by atoms with E-state index in [-0.39, 0.29) is 11.7 Å². The van der Waals surface area contributed by atoms with E-state index >= 15 is 0 Å². The molecule has 0 radical (unpaired) electrons. The van der Waals surface area contributed by atoms with E-state index in [1.165, 1.54) is 11.1 Å². The Balaban J connectivity index is 1.41. The van der Waals surface area contributed by atoms with Gasteiger partial charge in [0, 0.05) is 32.6 Å². The number of sulfonamides is 1. The van der Waals surface area contributed by atoms with E-state index in [0.29, 0.717) is 38.9 Å². The van der Waals surface area contributed by atoms with E-state index in [4.69, 9.17) is 0 Å². The van der Waals surface area contributed by atoms with Crippen molar-refractivity contribution in [2.75, 3.05) is 25.4 Å². The van der Waals surface area contributed by atoms with Crippen LogP contribution < -0.4 is 0 Å². The van der Waals surface area contributed by atoms with Gasteiger partial charge in [0.25, 0.3) is 0 Å². The Morgan fingerprint density at radius 2 is 1.68 bits per heavy atom. The highest BCUT2D eigenvalue weighted by Crippen LogP contribution is 2.20. The fourth-order valence-electron chi connectivity index (χ4n) is 3.70. The van der Waals surface area contributed by atoms with Gasteiger partial charge in [-0.1, -0.05) is 30.7 Å². The van der Waals surface area contributed by atoms with Crippen LogP contribution in [0, 0.1) is 0 Å². The van der Waals surface area contributed by atoms with E-state index < -0.39 is 10.0 Å². The molecule has 0 saturated carbocycles. The van der Waals surface area contributed by atoms with Gasteiger partial charge in [0.15, 0.2) is 0 Å². The fraction of sp³-hybridized carbons (Fsp3) is 0.632. The fourth-order valence-corrected chi connectivity index (χ4v) is 5.34. The van der Waals surface area contributed by atoms with Crippen LogP contribution in [0.4, 0.5) is 0 Å². The Morgan fingerprint density at radius 1 is 0.960 bits per heavy atom. The van der Waals surface area contributed by atoms with Crippen molar-refractivity contribution >= 4 is 15.9 Å². The number of carbonyl (C=O) groups is 1. The smallest absolute Gasteiger partial charge is 0.222 e. The van der Waals surface area contributed by atoms with Gasteiger partial charge in [-0.15, -0.1) is 0 Å². The minimum Gasteiger partial charge on any atom is -0.338 e. The molecule has 6 heteroatoms. The Kier molecular flexibility index (Phi) is 6.12. The summed E-state index contributed by atoms with van der Waals surface area (Å²) in [4.78, 5) is 14.3. The molecule has 1 aromatic carbocycles. The molecule has 1 fully saturated rings. The zero-order valence-electron chi connectivity index (χ0n) is 14.8. The molecule has 2 aliphatic rings. The first kappa shape index (κ1) is 18.4. The topological polar surface area (TPSA) is 57.7 Å². The summed E-state index contributed by atoms with van der Waals surface area (Å²) < 4.78 is 26.2. The Morgan fingerprint density at radius 3 is 2.44 bits per heavy atom. The summed E-state index contributed by atoms with van der Waals surface area (Å²) >= 11 is 0. The molecule has 138 valence electrons. The maximum absolute atomic E-state index is 12.4. The molecular weight excluding hydrogens is 336 g/mol. The van der Waals surface area contributed by atoms with Crippen LogP contribution >= 0.6 is 0 Å². The highest BCUT2D eigenvalue weighted by Gasteiger charge is 2.24. The molecule has 0 N–H and O–H groups in total. The molecule has 0 aliphatic carbocycles. The van der Waals surface area contributed by atoms with Crippen molar-refractivity contribution in [1.82, 2.24) is 9.21 Å². The molecule has 0 atom stereocenters. The van der Waals surface area contributed by atoms with E-state index in [9.17, 15) is 13.2 Å². The highest BCUT2D eigenvalue weighted by molar-refractivity contribution is 7.89. The van der Waals surface area contributed by atoms with Crippen molar-refractivity contribution in [3.63, 3.8) is 0 Å². The van der Waals surface area contributed by atoms with Gasteiger partial charge in [0.2, 0.25) is 15.9 Å². The van der Waals surface area contributed by atoms with Gasteiger partial charge >= 0.3 is 0 Å². The SMILES string of the molecule is O=C(CCCCS(=O)(=O)N1CCCCC1)N1CCc2ccccc2C1. The van der Waals surface area contributed by atoms with E-state index in [1.807, 2.05) is 17.0 Å². The van der Waals surface area contributed by atoms with Crippen molar-refractivity contribution in [3.05, 3.63) is 35.4 Å². The zero-order chi connectivity index (χ0) is 17.7. The van der Waals surface area contributed by atoms with Crippen LogP contribution in [0.3, 0.4) is 0 Å². The quantitative estimate of drug-likeness (QED) is 0.729. The molecule has 1 amide bonds. The van der Waals surface area contributed by atoms with Crippen LogP contribution in [-0.4, -0.2) is 48.9 Å². The zero-order valence-corrected chi connectivity index (χ0v) is 15.6. The standard InChI is InChI=1S/C19H28N2O3S/c22-19(20-14-11-17-8-2-3-9-18(17)16-20)10-4-7-15-25(23,24)21-12-5-1-6-13-21/h2-3,8-9H,1,4-7,10-16H2. The predicted octanol–water partition coefficient (Wildman–Crippen LogP) is 2.56. The maximum atomic E-state index is 12.4. The lowest BCUT2D eigenvalue weighted by molar-refractivity contribution is -0.132. The van der Waals surface area contributed by atoms with Gasteiger partial charge in [0.05, 0.1) is 5.75 Å². The third-order valence-corrected chi connectivity index (χ3v) is 7.19. The summed E-state index contributed by atoms with van der Waals surface area (Å²) in [5.74, 6) is 0.313. The molecule has 2 aliphatic heterocycles. The van der Waals surface area contributed by atoms with E-state index in [1.54, 1.807) is 4.31 Å². The molecule has 2 heterocycles. The highest BCUT2D eigenvalue weighted by atomic mass is 32.2. The number of piperidine rings is 1. The first-order chi connectivity index (χ1) is 12.1. The second kappa shape index (κ2) is 8.32. The second-order valence-corrected chi connectivity index (χ2v) is 9.16. The average molecular weight is 365 g/mol. The van der Waals surface area contributed by atoms with Gasteiger partial charge < -0.3 is 4.90 Å². The monoisotopic (exact) mass is 364 g/mol. The maximum Gasteiger partial charge on any atom is 0.222 e. The van der Waals surface area contributed by atoms with E-state index in [2.05, 4.69) is 12.1 Å². The average Bonchev–Trinajstić information content (AvgIpc) is 2.65. The van der Waals surface area contributed by atoms with Crippen molar-refractivity contribution in [2.24, 2.45) is 0 Å². The first-order valence-electron chi connectivity index (χ1n) is 9.39. The van der Waals surface area contributed by atoms with Gasteiger partial charge in [0.1, 0.15) is 0 Å². The van der Waals surface area contributed by atoms with Crippen LogP contribution in [0.5, 0.6) is 0 Å². The second-order valence-electron chi connectivity index (χ2n) is 7.07. The Hall–Kier alpha value is -1.40. The number of amides is 1. The summed E-state index contributed by atoms with van der Waals surface area (Å²) in [7, 11) is -3.14. The van der Waals surface area contributed by atoms with Crippen molar-refractivity contribution in [1.29, 1.82) is 0 Å².